The quantitative estimate of drug-likeness (QED) is 0.231. The van der Waals surface area contributed by atoms with Crippen LogP contribution in [-0.4, -0.2) is 39.6 Å². The van der Waals surface area contributed by atoms with E-state index in [-0.39, 0.29) is 28.0 Å². The summed E-state index contributed by atoms with van der Waals surface area (Å²) in [5, 5.41) is 36.7. The summed E-state index contributed by atoms with van der Waals surface area (Å²) in [7, 11) is 0. The number of aliphatic hydroxyl groups is 2. The highest BCUT2D eigenvalue weighted by atomic mass is 16.6. The van der Waals surface area contributed by atoms with Crippen molar-refractivity contribution in [1.82, 2.24) is 5.32 Å². The normalized spacial score (nSPS) is 16.8. The number of carbonyl (C=O) groups is 2. The summed E-state index contributed by atoms with van der Waals surface area (Å²) in [5.41, 5.74) is 4.04. The molecule has 1 aliphatic carbocycles. The van der Waals surface area contributed by atoms with Crippen molar-refractivity contribution in [2.75, 3.05) is 11.9 Å². The van der Waals surface area contributed by atoms with Crippen molar-refractivity contribution >= 4 is 23.2 Å². The number of nitro groups is 1. The fourth-order valence-electron chi connectivity index (χ4n) is 5.14. The van der Waals surface area contributed by atoms with Crippen LogP contribution in [0.5, 0.6) is 0 Å². The Labute approximate surface area is 233 Å². The molecular formula is C31H35N3O6. The van der Waals surface area contributed by atoms with Gasteiger partial charge in [0.1, 0.15) is 6.10 Å². The molecule has 0 spiro atoms. The van der Waals surface area contributed by atoms with Crippen LogP contribution in [0.2, 0.25) is 0 Å². The lowest BCUT2D eigenvalue weighted by molar-refractivity contribution is -0.384. The molecular weight excluding hydrogens is 510 g/mol. The second kappa shape index (κ2) is 11.2. The molecule has 0 bridgehead atoms. The molecule has 4 N–H and O–H groups in total. The van der Waals surface area contributed by atoms with Crippen LogP contribution in [0.3, 0.4) is 0 Å². The van der Waals surface area contributed by atoms with Gasteiger partial charge in [-0.3, -0.25) is 19.7 Å². The topological polar surface area (TPSA) is 142 Å². The van der Waals surface area contributed by atoms with E-state index in [1.807, 2.05) is 12.1 Å². The Bertz CT molecular complexity index is 1410. The van der Waals surface area contributed by atoms with Gasteiger partial charge in [0.2, 0.25) is 0 Å². The van der Waals surface area contributed by atoms with Gasteiger partial charge in [-0.2, -0.15) is 0 Å². The zero-order valence-corrected chi connectivity index (χ0v) is 23.1. The molecule has 0 aliphatic heterocycles. The fourth-order valence-corrected chi connectivity index (χ4v) is 5.14. The largest absolute Gasteiger partial charge is 0.394 e. The van der Waals surface area contributed by atoms with Crippen molar-refractivity contribution in [3.05, 3.63) is 105 Å². The maximum Gasteiger partial charge on any atom is 0.269 e. The average Bonchev–Trinajstić information content (AvgIpc) is 2.94. The Kier molecular flexibility index (Phi) is 8.09. The highest BCUT2D eigenvalue weighted by molar-refractivity contribution is 6.05. The number of anilines is 1. The summed E-state index contributed by atoms with van der Waals surface area (Å²) in [6.07, 6.45) is 0.859. The third-order valence-electron chi connectivity index (χ3n) is 7.86. The molecule has 9 heteroatoms. The number of amides is 2. The molecule has 210 valence electrons. The highest BCUT2D eigenvalue weighted by Crippen LogP contribution is 2.45. The molecule has 0 heterocycles. The number of nitrogens with one attached hydrogen (secondary N) is 2. The van der Waals surface area contributed by atoms with Gasteiger partial charge in [-0.25, -0.2) is 0 Å². The van der Waals surface area contributed by atoms with E-state index >= 15 is 0 Å². The van der Waals surface area contributed by atoms with E-state index in [2.05, 4.69) is 44.4 Å². The van der Waals surface area contributed by atoms with Crippen molar-refractivity contribution in [2.24, 2.45) is 0 Å². The number of nitro benzene ring substituents is 1. The Balaban J connectivity index is 1.42. The van der Waals surface area contributed by atoms with Crippen LogP contribution < -0.4 is 10.6 Å². The summed E-state index contributed by atoms with van der Waals surface area (Å²) < 4.78 is 0. The minimum absolute atomic E-state index is 0.0192. The first-order chi connectivity index (χ1) is 18.8. The molecule has 2 amide bonds. The van der Waals surface area contributed by atoms with Gasteiger partial charge in [-0.15, -0.1) is 0 Å². The Morgan fingerprint density at radius 2 is 1.45 bits per heavy atom. The molecule has 3 aromatic rings. The minimum Gasteiger partial charge on any atom is -0.394 e. The van der Waals surface area contributed by atoms with Crippen LogP contribution in [0, 0.1) is 10.1 Å². The number of benzene rings is 3. The SMILES string of the molecule is CC1(C)CCC(C)(C)c2cc(C(=O)Nc3ccc(C(=O)NC(CO)[C@@H](O)c4ccc([N+](=O)[O-])cc4)cc3)ccc21. The summed E-state index contributed by atoms with van der Waals surface area (Å²) in [6.45, 7) is 8.33. The first kappa shape index (κ1) is 28.9. The van der Waals surface area contributed by atoms with Crippen LogP contribution in [0.15, 0.2) is 66.7 Å². The average molecular weight is 546 g/mol. The first-order valence-electron chi connectivity index (χ1n) is 13.2. The van der Waals surface area contributed by atoms with Gasteiger partial charge in [0.25, 0.3) is 17.5 Å². The summed E-state index contributed by atoms with van der Waals surface area (Å²) >= 11 is 0. The van der Waals surface area contributed by atoms with Crippen molar-refractivity contribution in [3.8, 4) is 0 Å². The molecule has 40 heavy (non-hydrogen) atoms. The molecule has 1 unspecified atom stereocenters. The highest BCUT2D eigenvalue weighted by Gasteiger charge is 2.37. The van der Waals surface area contributed by atoms with Gasteiger partial charge in [-0.05, 0) is 88.9 Å². The third-order valence-corrected chi connectivity index (χ3v) is 7.86. The summed E-state index contributed by atoms with van der Waals surface area (Å²) in [5.74, 6) is -0.775. The molecule has 0 saturated carbocycles. The lowest BCUT2D eigenvalue weighted by Gasteiger charge is -2.42. The zero-order chi connectivity index (χ0) is 29.2. The summed E-state index contributed by atoms with van der Waals surface area (Å²) in [6, 6.07) is 16.4. The molecule has 0 aromatic heterocycles. The van der Waals surface area contributed by atoms with E-state index in [9.17, 15) is 29.9 Å². The maximum atomic E-state index is 13.1. The number of non-ortho nitro benzene ring substituents is 1. The van der Waals surface area contributed by atoms with E-state index in [1.165, 1.54) is 47.5 Å². The van der Waals surface area contributed by atoms with Crippen LogP contribution in [0.25, 0.3) is 0 Å². The first-order valence-corrected chi connectivity index (χ1v) is 13.2. The standard InChI is InChI=1S/C31H35N3O6/c1-30(2)15-16-31(3,4)25-17-21(9-14-24(25)30)29(38)32-22-10-5-20(6-11-22)28(37)33-26(18-35)27(36)19-7-12-23(13-8-19)34(39)40/h5-14,17,26-27,35-36H,15-16,18H2,1-4H3,(H,32,38)(H,33,37)/t26?,27-/m0/s1. The van der Waals surface area contributed by atoms with Gasteiger partial charge < -0.3 is 20.8 Å². The monoisotopic (exact) mass is 545 g/mol. The minimum atomic E-state index is -1.28. The van der Waals surface area contributed by atoms with E-state index < -0.39 is 29.6 Å². The Hall–Kier alpha value is -4.08. The zero-order valence-electron chi connectivity index (χ0n) is 23.1. The second-order valence-corrected chi connectivity index (χ2v) is 11.6. The van der Waals surface area contributed by atoms with Crippen molar-refractivity contribution < 1.29 is 24.7 Å². The van der Waals surface area contributed by atoms with Gasteiger partial charge in [0.15, 0.2) is 0 Å². The summed E-state index contributed by atoms with van der Waals surface area (Å²) in [4.78, 5) is 36.1. The molecule has 0 saturated heterocycles. The number of fused-ring (bicyclic) bond motifs is 1. The van der Waals surface area contributed by atoms with Gasteiger partial charge in [0.05, 0.1) is 17.6 Å². The molecule has 2 atom stereocenters. The van der Waals surface area contributed by atoms with E-state index in [0.717, 1.165) is 12.8 Å². The van der Waals surface area contributed by atoms with Gasteiger partial charge >= 0.3 is 0 Å². The number of hydrogen-bond acceptors (Lipinski definition) is 6. The van der Waals surface area contributed by atoms with Crippen molar-refractivity contribution in [1.29, 1.82) is 0 Å². The number of rotatable bonds is 8. The third kappa shape index (κ3) is 6.05. The van der Waals surface area contributed by atoms with Crippen LogP contribution in [0.4, 0.5) is 11.4 Å². The smallest absolute Gasteiger partial charge is 0.269 e. The van der Waals surface area contributed by atoms with Crippen LogP contribution in [-0.2, 0) is 10.8 Å². The predicted molar refractivity (Wildman–Crippen MR) is 153 cm³/mol. The number of nitrogens with zero attached hydrogens (tertiary/aromatic N) is 1. The van der Waals surface area contributed by atoms with Crippen molar-refractivity contribution in [2.45, 2.75) is 63.5 Å². The number of hydrogen-bond donors (Lipinski definition) is 4. The Morgan fingerprint density at radius 1 is 0.875 bits per heavy atom. The second-order valence-electron chi connectivity index (χ2n) is 11.6. The predicted octanol–water partition coefficient (Wildman–Crippen LogP) is 5.02. The molecule has 3 aromatic carbocycles. The van der Waals surface area contributed by atoms with E-state index in [0.29, 0.717) is 16.8 Å². The van der Waals surface area contributed by atoms with Crippen LogP contribution >= 0.6 is 0 Å². The Morgan fingerprint density at radius 3 is 2.02 bits per heavy atom. The van der Waals surface area contributed by atoms with E-state index in [1.54, 1.807) is 12.1 Å². The maximum absolute atomic E-state index is 13.1. The van der Waals surface area contributed by atoms with Crippen molar-refractivity contribution in [3.63, 3.8) is 0 Å². The number of carbonyl (C=O) groups excluding carboxylic acids is 2. The fraction of sp³-hybridized carbons (Fsp3) is 0.355. The van der Waals surface area contributed by atoms with E-state index in [4.69, 9.17) is 0 Å². The lowest BCUT2D eigenvalue weighted by atomic mass is 9.63. The molecule has 9 nitrogen and oxygen atoms in total. The molecule has 0 radical (unpaired) electrons. The molecule has 4 rings (SSSR count). The van der Waals surface area contributed by atoms with Gasteiger partial charge in [-0.1, -0.05) is 33.8 Å². The van der Waals surface area contributed by atoms with Gasteiger partial charge in [0, 0.05) is 28.9 Å². The molecule has 1 aliphatic rings. The lowest BCUT2D eigenvalue weighted by Crippen LogP contribution is -2.41. The molecule has 0 fully saturated rings. The van der Waals surface area contributed by atoms with Crippen LogP contribution in [0.1, 0.15) is 84.0 Å². The number of aliphatic hydroxyl groups excluding tert-OH is 2.